The number of hydrogen-bond donors (Lipinski definition) is 2. The maximum absolute atomic E-state index is 12.7. The Kier molecular flexibility index (Phi) is 6.52. The van der Waals surface area contributed by atoms with Gasteiger partial charge in [0.1, 0.15) is 5.00 Å². The first-order valence-corrected chi connectivity index (χ1v) is 9.09. The van der Waals surface area contributed by atoms with Gasteiger partial charge in [0.15, 0.2) is 6.10 Å². The monoisotopic (exact) mass is 374 g/mol. The maximum Gasteiger partial charge on any atom is 0.342 e. The van der Waals surface area contributed by atoms with Crippen LogP contribution in [0.25, 0.3) is 0 Å². The Bertz CT molecular complexity index is 814. The number of carbonyl (C=O) groups is 3. The van der Waals surface area contributed by atoms with Crippen molar-refractivity contribution in [3.05, 3.63) is 46.3 Å². The zero-order valence-electron chi connectivity index (χ0n) is 15.2. The molecule has 6 nitrogen and oxygen atoms in total. The molecule has 138 valence electrons. The molecule has 0 saturated carbocycles. The van der Waals surface area contributed by atoms with Gasteiger partial charge in [-0.05, 0) is 38.0 Å². The fourth-order valence-electron chi connectivity index (χ4n) is 2.38. The number of hydrogen-bond acceptors (Lipinski definition) is 5. The first-order chi connectivity index (χ1) is 12.3. The molecule has 7 heteroatoms. The maximum atomic E-state index is 12.7. The summed E-state index contributed by atoms with van der Waals surface area (Å²) in [4.78, 5) is 37.4. The topological polar surface area (TPSA) is 84.5 Å². The SMILES string of the molecule is CC[C@H](OC(=O)c1c(NC(C)=O)sc(C)c1C)C(=O)Nc1ccccc1. The van der Waals surface area contributed by atoms with E-state index in [-0.39, 0.29) is 5.91 Å². The van der Waals surface area contributed by atoms with Crippen molar-refractivity contribution in [1.82, 2.24) is 0 Å². The Morgan fingerprint density at radius 2 is 1.77 bits per heavy atom. The predicted octanol–water partition coefficient (Wildman–Crippen LogP) is 3.90. The molecule has 0 fully saturated rings. The molecular formula is C19H22N2O4S. The van der Waals surface area contributed by atoms with E-state index in [2.05, 4.69) is 10.6 Å². The first-order valence-electron chi connectivity index (χ1n) is 8.28. The second kappa shape index (κ2) is 8.62. The number of esters is 1. The number of carbonyl (C=O) groups excluding carboxylic acids is 3. The lowest BCUT2D eigenvalue weighted by molar-refractivity contribution is -0.124. The highest BCUT2D eigenvalue weighted by molar-refractivity contribution is 7.16. The Morgan fingerprint density at radius 3 is 2.35 bits per heavy atom. The molecule has 0 aliphatic carbocycles. The summed E-state index contributed by atoms with van der Waals surface area (Å²) in [6.45, 7) is 6.80. The van der Waals surface area contributed by atoms with Crippen LogP contribution >= 0.6 is 11.3 Å². The quantitative estimate of drug-likeness (QED) is 0.751. The largest absolute Gasteiger partial charge is 0.449 e. The van der Waals surface area contributed by atoms with Gasteiger partial charge in [-0.15, -0.1) is 11.3 Å². The average Bonchev–Trinajstić information content (AvgIpc) is 2.86. The summed E-state index contributed by atoms with van der Waals surface area (Å²) in [5.41, 5.74) is 1.67. The van der Waals surface area contributed by atoms with Crippen LogP contribution < -0.4 is 10.6 Å². The smallest absolute Gasteiger partial charge is 0.342 e. The van der Waals surface area contributed by atoms with Crippen molar-refractivity contribution in [3.63, 3.8) is 0 Å². The molecule has 0 radical (unpaired) electrons. The van der Waals surface area contributed by atoms with Crippen molar-refractivity contribution in [1.29, 1.82) is 0 Å². The summed E-state index contributed by atoms with van der Waals surface area (Å²) in [5, 5.41) is 5.83. The Balaban J connectivity index is 2.16. The van der Waals surface area contributed by atoms with Crippen LogP contribution in [0.15, 0.2) is 30.3 Å². The molecule has 0 spiro atoms. The Hall–Kier alpha value is -2.67. The number of amides is 2. The molecule has 0 saturated heterocycles. The molecule has 1 aromatic carbocycles. The molecular weight excluding hydrogens is 352 g/mol. The molecule has 2 N–H and O–H groups in total. The molecule has 26 heavy (non-hydrogen) atoms. The van der Waals surface area contributed by atoms with E-state index < -0.39 is 18.0 Å². The second-order valence-corrected chi connectivity index (χ2v) is 7.05. The van der Waals surface area contributed by atoms with Gasteiger partial charge in [-0.25, -0.2) is 4.79 Å². The van der Waals surface area contributed by atoms with E-state index in [0.717, 1.165) is 10.4 Å². The molecule has 2 aromatic rings. The fourth-order valence-corrected chi connectivity index (χ4v) is 3.47. The number of aryl methyl sites for hydroxylation is 1. The molecule has 2 amide bonds. The van der Waals surface area contributed by atoms with E-state index in [1.54, 1.807) is 38.1 Å². The molecule has 2 rings (SSSR count). The average molecular weight is 374 g/mol. The van der Waals surface area contributed by atoms with E-state index >= 15 is 0 Å². The third-order valence-corrected chi connectivity index (χ3v) is 4.96. The number of anilines is 2. The third kappa shape index (κ3) is 4.70. The number of ether oxygens (including phenoxy) is 1. The minimum Gasteiger partial charge on any atom is -0.449 e. The molecule has 1 heterocycles. The number of benzene rings is 1. The molecule has 1 aromatic heterocycles. The van der Waals surface area contributed by atoms with Crippen molar-refractivity contribution in [2.24, 2.45) is 0 Å². The van der Waals surface area contributed by atoms with Crippen molar-refractivity contribution in [3.8, 4) is 0 Å². The van der Waals surface area contributed by atoms with Gasteiger partial charge in [-0.2, -0.15) is 0 Å². The summed E-state index contributed by atoms with van der Waals surface area (Å²) < 4.78 is 5.44. The second-order valence-electron chi connectivity index (χ2n) is 5.83. The summed E-state index contributed by atoms with van der Waals surface area (Å²) >= 11 is 1.31. The van der Waals surface area contributed by atoms with E-state index in [4.69, 9.17) is 4.74 Å². The van der Waals surface area contributed by atoms with Crippen LogP contribution in [0, 0.1) is 13.8 Å². The highest BCUT2D eigenvalue weighted by atomic mass is 32.1. The molecule has 0 aliphatic heterocycles. The van der Waals surface area contributed by atoms with Crippen LogP contribution in [-0.2, 0) is 14.3 Å². The van der Waals surface area contributed by atoms with Gasteiger partial charge in [0, 0.05) is 17.5 Å². The van der Waals surface area contributed by atoms with Gasteiger partial charge in [0.05, 0.1) is 5.56 Å². The summed E-state index contributed by atoms with van der Waals surface area (Å²) in [6.07, 6.45) is -0.588. The minimum atomic E-state index is -0.924. The van der Waals surface area contributed by atoms with Gasteiger partial charge in [0.2, 0.25) is 5.91 Å². The van der Waals surface area contributed by atoms with Crippen LogP contribution in [0.4, 0.5) is 10.7 Å². The fraction of sp³-hybridized carbons (Fsp3) is 0.316. The van der Waals surface area contributed by atoms with Crippen LogP contribution in [0.2, 0.25) is 0 Å². The van der Waals surface area contributed by atoms with E-state index in [0.29, 0.717) is 22.7 Å². The zero-order chi connectivity index (χ0) is 19.3. The highest BCUT2D eigenvalue weighted by Gasteiger charge is 2.27. The van der Waals surface area contributed by atoms with Gasteiger partial charge < -0.3 is 15.4 Å². The Morgan fingerprint density at radius 1 is 1.12 bits per heavy atom. The zero-order valence-corrected chi connectivity index (χ0v) is 16.0. The molecule has 0 aliphatic rings. The van der Waals surface area contributed by atoms with Crippen LogP contribution in [-0.4, -0.2) is 23.9 Å². The number of para-hydroxylation sites is 1. The van der Waals surface area contributed by atoms with E-state index in [1.165, 1.54) is 18.3 Å². The van der Waals surface area contributed by atoms with Crippen LogP contribution in [0.3, 0.4) is 0 Å². The lowest BCUT2D eigenvalue weighted by Crippen LogP contribution is -2.32. The predicted molar refractivity (Wildman–Crippen MR) is 103 cm³/mol. The summed E-state index contributed by atoms with van der Waals surface area (Å²) in [7, 11) is 0. The number of rotatable bonds is 6. The van der Waals surface area contributed by atoms with Crippen molar-refractivity contribution in [2.45, 2.75) is 40.2 Å². The summed E-state index contributed by atoms with van der Waals surface area (Å²) in [5.74, 6) is -1.28. The number of nitrogens with one attached hydrogen (secondary N) is 2. The van der Waals surface area contributed by atoms with Crippen molar-refractivity contribution in [2.75, 3.05) is 10.6 Å². The molecule has 0 bridgehead atoms. The van der Waals surface area contributed by atoms with E-state index in [1.807, 2.05) is 13.0 Å². The minimum absolute atomic E-state index is 0.269. The van der Waals surface area contributed by atoms with Crippen molar-refractivity contribution >= 4 is 39.8 Å². The van der Waals surface area contributed by atoms with Crippen LogP contribution in [0.1, 0.15) is 41.1 Å². The number of thiophene rings is 1. The van der Waals surface area contributed by atoms with Crippen LogP contribution in [0.5, 0.6) is 0 Å². The van der Waals surface area contributed by atoms with Gasteiger partial charge in [0.25, 0.3) is 5.91 Å². The van der Waals surface area contributed by atoms with Gasteiger partial charge in [-0.1, -0.05) is 25.1 Å². The lowest BCUT2D eigenvalue weighted by atomic mass is 10.1. The Labute approximate surface area is 156 Å². The lowest BCUT2D eigenvalue weighted by Gasteiger charge is -2.16. The van der Waals surface area contributed by atoms with E-state index in [9.17, 15) is 14.4 Å². The van der Waals surface area contributed by atoms with Gasteiger partial charge in [-0.3, -0.25) is 9.59 Å². The van der Waals surface area contributed by atoms with Gasteiger partial charge >= 0.3 is 5.97 Å². The molecule has 0 unspecified atom stereocenters. The standard InChI is InChI=1S/C19H22N2O4S/c1-5-15(17(23)21-14-9-7-6-8-10-14)25-19(24)16-11(2)12(3)26-18(16)20-13(4)22/h6-10,15H,5H2,1-4H3,(H,20,22)(H,21,23)/t15-/m0/s1. The van der Waals surface area contributed by atoms with Crippen molar-refractivity contribution < 1.29 is 19.1 Å². The third-order valence-electron chi connectivity index (χ3n) is 3.83. The first kappa shape index (κ1) is 19.7. The summed E-state index contributed by atoms with van der Waals surface area (Å²) in [6, 6.07) is 8.97. The molecule has 1 atom stereocenters. The normalized spacial score (nSPS) is 11.5. The highest BCUT2D eigenvalue weighted by Crippen LogP contribution is 2.33.